The summed E-state index contributed by atoms with van der Waals surface area (Å²) in [7, 11) is 0. The second kappa shape index (κ2) is 9.97. The number of esters is 1. The SMILES string of the molecule is CCCOc1cccc(C(=O)Oc2ccc3c(c2)OC(N)=C(C#N)C3c2cccc([N+](=O)[O-])c2)c1. The first-order chi connectivity index (χ1) is 16.9. The molecule has 4 rings (SSSR count). The van der Waals surface area contributed by atoms with E-state index < -0.39 is 16.8 Å². The van der Waals surface area contributed by atoms with Crippen LogP contribution in [0.4, 0.5) is 5.69 Å². The van der Waals surface area contributed by atoms with Gasteiger partial charge in [-0.3, -0.25) is 10.1 Å². The van der Waals surface area contributed by atoms with Gasteiger partial charge in [-0.15, -0.1) is 0 Å². The van der Waals surface area contributed by atoms with Crippen LogP contribution in [0.2, 0.25) is 0 Å². The van der Waals surface area contributed by atoms with Crippen molar-refractivity contribution in [3.63, 3.8) is 0 Å². The summed E-state index contributed by atoms with van der Waals surface area (Å²) in [6.45, 7) is 2.52. The van der Waals surface area contributed by atoms with Gasteiger partial charge in [-0.2, -0.15) is 5.26 Å². The van der Waals surface area contributed by atoms with Crippen LogP contribution in [-0.4, -0.2) is 17.5 Å². The van der Waals surface area contributed by atoms with Gasteiger partial charge in [0.2, 0.25) is 5.88 Å². The first-order valence-corrected chi connectivity index (χ1v) is 10.8. The van der Waals surface area contributed by atoms with Gasteiger partial charge in [0, 0.05) is 23.8 Å². The third-order valence-electron chi connectivity index (χ3n) is 5.36. The molecule has 9 nitrogen and oxygen atoms in total. The van der Waals surface area contributed by atoms with Crippen molar-refractivity contribution < 1.29 is 23.9 Å². The largest absolute Gasteiger partial charge is 0.494 e. The van der Waals surface area contributed by atoms with Gasteiger partial charge in [-0.05, 0) is 36.2 Å². The molecule has 2 N–H and O–H groups in total. The molecule has 0 saturated carbocycles. The van der Waals surface area contributed by atoms with E-state index in [4.69, 9.17) is 19.9 Å². The number of allylic oxidation sites excluding steroid dienone is 1. The van der Waals surface area contributed by atoms with E-state index >= 15 is 0 Å². The molecule has 1 unspecified atom stereocenters. The van der Waals surface area contributed by atoms with Crippen molar-refractivity contribution in [2.45, 2.75) is 19.3 Å². The third kappa shape index (κ3) is 4.91. The minimum absolute atomic E-state index is 0.109. The Morgan fingerprint density at radius 3 is 2.69 bits per heavy atom. The highest BCUT2D eigenvalue weighted by molar-refractivity contribution is 5.91. The number of nitrogens with zero attached hydrogens (tertiary/aromatic N) is 2. The Bertz CT molecular complexity index is 1380. The first-order valence-electron chi connectivity index (χ1n) is 10.8. The average molecular weight is 471 g/mol. The third-order valence-corrected chi connectivity index (χ3v) is 5.36. The monoisotopic (exact) mass is 471 g/mol. The zero-order valence-electron chi connectivity index (χ0n) is 18.8. The van der Waals surface area contributed by atoms with E-state index in [-0.39, 0.29) is 28.6 Å². The molecular formula is C26H21N3O6. The maximum Gasteiger partial charge on any atom is 0.343 e. The lowest BCUT2D eigenvalue weighted by atomic mass is 9.83. The molecule has 0 bridgehead atoms. The van der Waals surface area contributed by atoms with Crippen LogP contribution in [0.1, 0.15) is 40.7 Å². The molecule has 0 fully saturated rings. The number of nitriles is 1. The molecular weight excluding hydrogens is 450 g/mol. The van der Waals surface area contributed by atoms with Crippen molar-refractivity contribution in [2.75, 3.05) is 6.61 Å². The van der Waals surface area contributed by atoms with Crippen LogP contribution in [0.15, 0.2) is 78.2 Å². The van der Waals surface area contributed by atoms with Crippen LogP contribution in [0, 0.1) is 21.4 Å². The Kier molecular flexibility index (Phi) is 6.64. The number of nitro groups is 1. The topological polar surface area (TPSA) is 138 Å². The molecule has 35 heavy (non-hydrogen) atoms. The fraction of sp³-hybridized carbons (Fsp3) is 0.154. The maximum absolute atomic E-state index is 12.7. The molecule has 0 amide bonds. The summed E-state index contributed by atoms with van der Waals surface area (Å²) < 4.78 is 16.7. The molecule has 0 aliphatic carbocycles. The highest BCUT2D eigenvalue weighted by Gasteiger charge is 2.32. The van der Waals surface area contributed by atoms with Gasteiger partial charge in [0.05, 0.1) is 23.0 Å². The normalized spacial score (nSPS) is 14.3. The van der Waals surface area contributed by atoms with Crippen molar-refractivity contribution in [3.05, 3.63) is 105 Å². The van der Waals surface area contributed by atoms with Gasteiger partial charge in [0.15, 0.2) is 0 Å². The molecule has 0 aromatic heterocycles. The minimum Gasteiger partial charge on any atom is -0.494 e. The molecule has 3 aromatic rings. The van der Waals surface area contributed by atoms with Crippen molar-refractivity contribution in [1.29, 1.82) is 5.26 Å². The standard InChI is InChI=1S/C26H21N3O6/c1-2-11-33-19-8-4-6-17(13-19)26(30)34-20-9-10-21-23(14-20)35-25(28)22(15-27)24(21)16-5-3-7-18(12-16)29(31)32/h3-10,12-14,24H,2,11,28H2,1H3. The van der Waals surface area contributed by atoms with Gasteiger partial charge in [-0.1, -0.05) is 31.2 Å². The number of benzene rings is 3. The fourth-order valence-corrected chi connectivity index (χ4v) is 3.76. The minimum atomic E-state index is -0.680. The van der Waals surface area contributed by atoms with E-state index in [1.54, 1.807) is 48.5 Å². The summed E-state index contributed by atoms with van der Waals surface area (Å²) in [5, 5.41) is 20.9. The molecule has 1 heterocycles. The summed E-state index contributed by atoms with van der Waals surface area (Å²) in [5.74, 6) is -0.333. The van der Waals surface area contributed by atoms with Crippen LogP contribution in [0.5, 0.6) is 17.2 Å². The summed E-state index contributed by atoms with van der Waals surface area (Å²) in [5.41, 5.74) is 7.42. The Hall–Kier alpha value is -4.84. The number of ether oxygens (including phenoxy) is 3. The van der Waals surface area contributed by atoms with Crippen molar-refractivity contribution >= 4 is 11.7 Å². The van der Waals surface area contributed by atoms with E-state index in [0.29, 0.717) is 29.0 Å². The Balaban J connectivity index is 1.64. The van der Waals surface area contributed by atoms with Gasteiger partial charge < -0.3 is 19.9 Å². The van der Waals surface area contributed by atoms with E-state index in [2.05, 4.69) is 0 Å². The highest BCUT2D eigenvalue weighted by atomic mass is 16.6. The second-order valence-corrected chi connectivity index (χ2v) is 7.74. The number of hydrogen-bond donors (Lipinski definition) is 1. The number of nitrogens with two attached hydrogens (primary N) is 1. The van der Waals surface area contributed by atoms with Gasteiger partial charge in [0.25, 0.3) is 5.69 Å². The molecule has 176 valence electrons. The lowest BCUT2D eigenvalue weighted by Crippen LogP contribution is -2.21. The number of carbonyl (C=O) groups is 1. The van der Waals surface area contributed by atoms with Crippen LogP contribution in [0.3, 0.4) is 0 Å². The van der Waals surface area contributed by atoms with Crippen LogP contribution >= 0.6 is 0 Å². The summed E-state index contributed by atoms with van der Waals surface area (Å²) >= 11 is 0. The summed E-state index contributed by atoms with van der Waals surface area (Å²) in [6, 6.07) is 19.4. The molecule has 0 spiro atoms. The summed E-state index contributed by atoms with van der Waals surface area (Å²) in [6.07, 6.45) is 0.839. The maximum atomic E-state index is 12.7. The highest BCUT2D eigenvalue weighted by Crippen LogP contribution is 2.44. The quantitative estimate of drug-likeness (QED) is 0.224. The Labute approximate surface area is 201 Å². The number of nitro benzene ring substituents is 1. The summed E-state index contributed by atoms with van der Waals surface area (Å²) in [4.78, 5) is 23.4. The second-order valence-electron chi connectivity index (χ2n) is 7.74. The van der Waals surface area contributed by atoms with Crippen molar-refractivity contribution in [2.24, 2.45) is 5.73 Å². The van der Waals surface area contributed by atoms with Crippen LogP contribution in [0.25, 0.3) is 0 Å². The van der Waals surface area contributed by atoms with Crippen molar-refractivity contribution in [3.8, 4) is 23.3 Å². The molecule has 1 aliphatic heterocycles. The molecule has 1 aliphatic rings. The average Bonchev–Trinajstić information content (AvgIpc) is 2.86. The van der Waals surface area contributed by atoms with Crippen LogP contribution < -0.4 is 19.9 Å². The number of rotatable bonds is 7. The van der Waals surface area contributed by atoms with E-state index in [9.17, 15) is 20.2 Å². The Morgan fingerprint density at radius 1 is 1.14 bits per heavy atom. The zero-order valence-corrected chi connectivity index (χ0v) is 18.8. The number of fused-ring (bicyclic) bond motifs is 1. The lowest BCUT2D eigenvalue weighted by Gasteiger charge is -2.26. The van der Waals surface area contributed by atoms with E-state index in [1.807, 2.05) is 13.0 Å². The smallest absolute Gasteiger partial charge is 0.343 e. The Morgan fingerprint density at radius 2 is 1.94 bits per heavy atom. The number of carbonyl (C=O) groups excluding carboxylic acids is 1. The molecule has 9 heteroatoms. The van der Waals surface area contributed by atoms with E-state index in [0.717, 1.165) is 6.42 Å². The molecule has 3 aromatic carbocycles. The van der Waals surface area contributed by atoms with Gasteiger partial charge in [-0.25, -0.2) is 4.79 Å². The van der Waals surface area contributed by atoms with E-state index in [1.165, 1.54) is 18.2 Å². The molecule has 0 saturated heterocycles. The van der Waals surface area contributed by atoms with Crippen LogP contribution in [-0.2, 0) is 0 Å². The van der Waals surface area contributed by atoms with Crippen molar-refractivity contribution in [1.82, 2.24) is 0 Å². The fourth-order valence-electron chi connectivity index (χ4n) is 3.76. The zero-order chi connectivity index (χ0) is 24.9. The predicted molar refractivity (Wildman–Crippen MR) is 126 cm³/mol. The number of non-ortho nitro benzene ring substituents is 1. The van der Waals surface area contributed by atoms with Gasteiger partial charge >= 0.3 is 5.97 Å². The predicted octanol–water partition coefficient (Wildman–Crippen LogP) is 4.82. The molecule has 0 radical (unpaired) electrons. The first kappa shape index (κ1) is 23.3. The lowest BCUT2D eigenvalue weighted by molar-refractivity contribution is -0.384. The number of hydrogen-bond acceptors (Lipinski definition) is 8. The molecule has 1 atom stereocenters. The van der Waals surface area contributed by atoms with Gasteiger partial charge in [0.1, 0.15) is 28.9 Å².